The smallest absolute Gasteiger partial charge is 0.316 e. The van der Waals surface area contributed by atoms with Gasteiger partial charge in [0, 0.05) is 0 Å². The second kappa shape index (κ2) is 6.20. The minimum atomic E-state index is -1.33. The molecule has 3 rings (SSSR count). The monoisotopic (exact) mass is 339 g/mol. The number of nitrogens with two attached hydrogens (primary N) is 1. The average molecular weight is 339 g/mol. The van der Waals surface area contributed by atoms with Crippen LogP contribution >= 0.6 is 0 Å². The van der Waals surface area contributed by atoms with Crippen molar-refractivity contribution >= 4 is 17.1 Å². The number of aliphatic hydroxyl groups is 3. The second-order valence-corrected chi connectivity index (χ2v) is 5.21. The number of nitrogens with zero attached hydrogens (tertiary/aromatic N) is 4. The van der Waals surface area contributed by atoms with Crippen molar-refractivity contribution in [2.45, 2.75) is 24.5 Å². The number of aromatic nitrogens is 4. The molecule has 0 aromatic carbocycles. The van der Waals surface area contributed by atoms with Gasteiger partial charge in [0.1, 0.15) is 24.9 Å². The molecule has 1 saturated heterocycles. The lowest BCUT2D eigenvalue weighted by Gasteiger charge is -2.17. The molecule has 2 aromatic rings. The number of aliphatic hydroxyl groups excluding tert-OH is 3. The van der Waals surface area contributed by atoms with E-state index in [4.69, 9.17) is 20.4 Å². The molecule has 4 atom stereocenters. The van der Waals surface area contributed by atoms with Gasteiger partial charge in [0.25, 0.3) is 0 Å². The Bertz CT molecular complexity index is 817. The summed E-state index contributed by atoms with van der Waals surface area (Å²) in [5, 5.41) is 29.1. The average Bonchev–Trinajstić information content (AvgIpc) is 3.09. The molecule has 3 heterocycles. The summed E-state index contributed by atoms with van der Waals surface area (Å²) in [4.78, 5) is 25.5. The maximum atomic E-state index is 12.4. The zero-order valence-corrected chi connectivity index (χ0v) is 12.5. The first-order valence-electron chi connectivity index (χ1n) is 7.11. The van der Waals surface area contributed by atoms with Gasteiger partial charge in [-0.25, -0.2) is 4.98 Å². The van der Waals surface area contributed by atoms with Crippen molar-refractivity contribution in [1.29, 1.82) is 0 Å². The number of imidazole rings is 1. The first-order chi connectivity index (χ1) is 11.5. The normalized spacial score (nSPS) is 26.8. The lowest BCUT2D eigenvalue weighted by molar-refractivity contribution is -0.0511. The minimum absolute atomic E-state index is 0.0484. The highest BCUT2D eigenvalue weighted by molar-refractivity contribution is 5.70. The summed E-state index contributed by atoms with van der Waals surface area (Å²) in [6.45, 7) is 3.05. The van der Waals surface area contributed by atoms with Crippen molar-refractivity contribution in [2.24, 2.45) is 0 Å². The van der Waals surface area contributed by atoms with Crippen LogP contribution in [-0.4, -0.2) is 66.1 Å². The molecule has 0 spiro atoms. The fraction of sp³-hybridized carbons (Fsp3) is 0.462. The molecule has 11 heteroatoms. The summed E-state index contributed by atoms with van der Waals surface area (Å²) < 4.78 is 7.46. The van der Waals surface area contributed by atoms with Gasteiger partial charge in [-0.1, -0.05) is 12.7 Å². The van der Waals surface area contributed by atoms with E-state index in [2.05, 4.69) is 16.5 Å². The fourth-order valence-electron chi connectivity index (χ4n) is 2.52. The van der Waals surface area contributed by atoms with Gasteiger partial charge in [0.05, 0.1) is 12.9 Å². The van der Waals surface area contributed by atoms with E-state index in [1.807, 2.05) is 0 Å². The highest BCUT2D eigenvalue weighted by Gasteiger charge is 2.44. The van der Waals surface area contributed by atoms with Gasteiger partial charge in [-0.05, 0) is 0 Å². The molecule has 0 saturated carbocycles. The number of hydrogen-bond acceptors (Lipinski definition) is 9. The number of nitrogen functional groups attached to an aromatic ring is 1. The number of rotatable bonds is 5. The molecule has 1 aliphatic heterocycles. The van der Waals surface area contributed by atoms with Gasteiger partial charge in [-0.3, -0.25) is 9.36 Å². The molecule has 11 nitrogen and oxygen atoms in total. The van der Waals surface area contributed by atoms with Gasteiger partial charge >= 0.3 is 5.56 Å². The van der Waals surface area contributed by atoms with Crippen LogP contribution in [0.1, 0.15) is 6.23 Å². The third kappa shape index (κ3) is 2.43. The zero-order valence-electron chi connectivity index (χ0n) is 12.5. The topological polar surface area (TPSA) is 158 Å². The maximum absolute atomic E-state index is 12.4. The van der Waals surface area contributed by atoms with Gasteiger partial charge in [-0.2, -0.15) is 4.98 Å². The molecule has 130 valence electrons. The Morgan fingerprint density at radius 3 is 2.83 bits per heavy atom. The molecule has 0 bridgehead atoms. The zero-order chi connectivity index (χ0) is 17.4. The van der Waals surface area contributed by atoms with E-state index >= 15 is 0 Å². The summed E-state index contributed by atoms with van der Waals surface area (Å²) in [7, 11) is 0. The molecule has 0 unspecified atom stereocenters. The highest BCUT2D eigenvalue weighted by atomic mass is 16.7. The highest BCUT2D eigenvalue weighted by Crippen LogP contribution is 2.30. The Hall–Kier alpha value is -2.47. The van der Waals surface area contributed by atoms with E-state index in [0.29, 0.717) is 0 Å². The molecule has 0 amide bonds. The first kappa shape index (κ1) is 16.4. The molecule has 0 aliphatic carbocycles. The first-order valence-corrected chi connectivity index (χ1v) is 7.11. The van der Waals surface area contributed by atoms with Crippen LogP contribution < -0.4 is 16.1 Å². The number of fused-ring (bicyclic) bond motifs is 1. The van der Waals surface area contributed by atoms with Crippen molar-refractivity contribution in [3.8, 4) is 0 Å². The van der Waals surface area contributed by atoms with Crippen LogP contribution in [0.2, 0.25) is 0 Å². The van der Waals surface area contributed by atoms with Crippen LogP contribution in [-0.2, 0) is 4.74 Å². The van der Waals surface area contributed by atoms with Gasteiger partial charge in [0.15, 0.2) is 17.4 Å². The van der Waals surface area contributed by atoms with Crippen LogP contribution in [0.25, 0.3) is 11.2 Å². The van der Waals surface area contributed by atoms with Crippen LogP contribution in [0.3, 0.4) is 0 Å². The Balaban J connectivity index is 2.06. The lowest BCUT2D eigenvalue weighted by Crippen LogP contribution is -2.33. The van der Waals surface area contributed by atoms with E-state index < -0.39 is 36.7 Å². The molecule has 1 aliphatic rings. The third-order valence-corrected chi connectivity index (χ3v) is 3.70. The summed E-state index contributed by atoms with van der Waals surface area (Å²) in [6, 6.07) is 0. The molecular formula is C13H17N5O6. The lowest BCUT2D eigenvalue weighted by atomic mass is 10.1. The molecule has 24 heavy (non-hydrogen) atoms. The van der Waals surface area contributed by atoms with E-state index in [0.717, 1.165) is 4.73 Å². The Morgan fingerprint density at radius 2 is 2.21 bits per heavy atom. The summed E-state index contributed by atoms with van der Waals surface area (Å²) in [5.74, 6) is -0.220. The van der Waals surface area contributed by atoms with E-state index in [-0.39, 0.29) is 23.7 Å². The van der Waals surface area contributed by atoms with Crippen molar-refractivity contribution in [1.82, 2.24) is 19.3 Å². The predicted octanol–water partition coefficient (Wildman–Crippen LogP) is -2.60. The van der Waals surface area contributed by atoms with E-state index in [1.165, 1.54) is 17.0 Å². The number of ether oxygens (including phenoxy) is 1. The van der Waals surface area contributed by atoms with Gasteiger partial charge in [-0.15, -0.1) is 4.73 Å². The van der Waals surface area contributed by atoms with Crippen LogP contribution in [0, 0.1) is 0 Å². The molecule has 1 fully saturated rings. The quantitative estimate of drug-likeness (QED) is 0.429. The van der Waals surface area contributed by atoms with E-state index in [1.54, 1.807) is 0 Å². The standard InChI is InChI=1S/C13H17N5O6/c1-2-3-23-18-11(22)7-10(16-13(18)14)17(5-15-7)12-9(21)8(20)6(4-19)24-12/h2,5-6,8-9,12,19-21H,1,3-4H2,(H2,14,16)/t6-,8+,9-,12-/m1/s1. The maximum Gasteiger partial charge on any atom is 0.316 e. The predicted molar refractivity (Wildman–Crippen MR) is 80.9 cm³/mol. The molecule has 2 aromatic heterocycles. The van der Waals surface area contributed by atoms with Gasteiger partial charge < -0.3 is 30.6 Å². The van der Waals surface area contributed by atoms with Crippen molar-refractivity contribution < 1.29 is 24.9 Å². The third-order valence-electron chi connectivity index (χ3n) is 3.70. The second-order valence-electron chi connectivity index (χ2n) is 5.21. The molecular weight excluding hydrogens is 322 g/mol. The summed E-state index contributed by atoms with van der Waals surface area (Å²) in [5.41, 5.74) is 5.11. The van der Waals surface area contributed by atoms with Gasteiger partial charge in [0.2, 0.25) is 5.95 Å². The SMILES string of the molecule is C=CCOn1c(N)nc2c(ncn2[C@@H]2O[C@H](CO)[C@H](O)[C@H]2O)c1=O. The number of hydrogen-bond donors (Lipinski definition) is 4. The Kier molecular flexibility index (Phi) is 4.24. The summed E-state index contributed by atoms with van der Waals surface area (Å²) in [6.07, 6.45) is -1.98. The Labute approximate surface area is 135 Å². The van der Waals surface area contributed by atoms with Crippen LogP contribution in [0.15, 0.2) is 23.8 Å². The minimum Gasteiger partial charge on any atom is -0.403 e. The Morgan fingerprint density at radius 1 is 1.46 bits per heavy atom. The van der Waals surface area contributed by atoms with Crippen molar-refractivity contribution in [3.05, 3.63) is 29.3 Å². The number of anilines is 1. The largest absolute Gasteiger partial charge is 0.403 e. The molecule has 0 radical (unpaired) electrons. The fourth-order valence-corrected chi connectivity index (χ4v) is 2.52. The molecule has 5 N–H and O–H groups in total. The summed E-state index contributed by atoms with van der Waals surface area (Å²) >= 11 is 0. The van der Waals surface area contributed by atoms with Crippen LogP contribution in [0.5, 0.6) is 0 Å². The van der Waals surface area contributed by atoms with Crippen molar-refractivity contribution in [2.75, 3.05) is 18.9 Å². The van der Waals surface area contributed by atoms with Crippen LogP contribution in [0.4, 0.5) is 5.95 Å². The van der Waals surface area contributed by atoms with E-state index in [9.17, 15) is 15.0 Å². The van der Waals surface area contributed by atoms with Crippen molar-refractivity contribution in [3.63, 3.8) is 0 Å².